The zero-order chi connectivity index (χ0) is 20.0. The van der Waals surface area contributed by atoms with Gasteiger partial charge in [-0.3, -0.25) is 0 Å². The predicted octanol–water partition coefficient (Wildman–Crippen LogP) is 6.37. The Balaban J connectivity index is 2.45. The third kappa shape index (κ3) is 3.60. The van der Waals surface area contributed by atoms with Crippen molar-refractivity contribution in [3.8, 4) is 17.2 Å². The standard InChI is InChI=1S/C23H32O3Si/c1-9-15-16(10-2)22(24-5)20-17-13-14-23(3,4)25-19(17)12-11-18(20)21(15)26-27(6,7)8/h11-14H,9-10H2,1-8H3. The first-order valence-electron chi connectivity index (χ1n) is 9.87. The molecule has 0 aliphatic carbocycles. The minimum Gasteiger partial charge on any atom is -0.544 e. The van der Waals surface area contributed by atoms with Crippen LogP contribution in [0.2, 0.25) is 19.6 Å². The van der Waals surface area contributed by atoms with Gasteiger partial charge in [0.05, 0.1) is 7.11 Å². The predicted molar refractivity (Wildman–Crippen MR) is 117 cm³/mol. The fourth-order valence-electron chi connectivity index (χ4n) is 3.87. The maximum absolute atomic E-state index is 6.63. The summed E-state index contributed by atoms with van der Waals surface area (Å²) in [7, 11) is -0.00779. The first-order chi connectivity index (χ1) is 12.6. The maximum Gasteiger partial charge on any atom is 0.242 e. The molecule has 2 aromatic carbocycles. The van der Waals surface area contributed by atoms with Gasteiger partial charge in [0.1, 0.15) is 22.8 Å². The van der Waals surface area contributed by atoms with Crippen LogP contribution in [0.5, 0.6) is 17.2 Å². The van der Waals surface area contributed by atoms with Crippen LogP contribution in [-0.4, -0.2) is 21.0 Å². The molecule has 0 saturated heterocycles. The van der Waals surface area contributed by atoms with Crippen molar-refractivity contribution in [2.45, 2.75) is 65.8 Å². The van der Waals surface area contributed by atoms with E-state index in [2.05, 4.69) is 71.6 Å². The van der Waals surface area contributed by atoms with Crippen molar-refractivity contribution in [2.75, 3.05) is 7.11 Å². The summed E-state index contributed by atoms with van der Waals surface area (Å²) in [5.41, 5.74) is 3.29. The van der Waals surface area contributed by atoms with E-state index < -0.39 is 8.32 Å². The highest BCUT2D eigenvalue weighted by Gasteiger charge is 2.29. The van der Waals surface area contributed by atoms with E-state index in [1.807, 2.05) is 0 Å². The number of ether oxygens (including phenoxy) is 2. The molecule has 4 heteroatoms. The number of hydrogen-bond donors (Lipinski definition) is 0. The molecule has 146 valence electrons. The molecule has 1 aliphatic rings. The Bertz CT molecular complexity index is 904. The molecule has 0 aromatic heterocycles. The van der Waals surface area contributed by atoms with Crippen LogP contribution in [0.25, 0.3) is 16.8 Å². The van der Waals surface area contributed by atoms with E-state index in [0.717, 1.165) is 46.4 Å². The van der Waals surface area contributed by atoms with Crippen LogP contribution >= 0.6 is 0 Å². The van der Waals surface area contributed by atoms with Gasteiger partial charge in [-0.1, -0.05) is 19.9 Å². The number of methoxy groups -OCH3 is 1. The Morgan fingerprint density at radius 3 is 2.19 bits per heavy atom. The molecule has 1 heterocycles. The van der Waals surface area contributed by atoms with Gasteiger partial charge in [-0.25, -0.2) is 0 Å². The monoisotopic (exact) mass is 384 g/mol. The van der Waals surface area contributed by atoms with Crippen LogP contribution in [0.4, 0.5) is 0 Å². The fraction of sp³-hybridized carbons (Fsp3) is 0.478. The molecule has 0 atom stereocenters. The van der Waals surface area contributed by atoms with Crippen LogP contribution < -0.4 is 13.9 Å². The molecular formula is C23H32O3Si. The number of benzene rings is 2. The van der Waals surface area contributed by atoms with Crippen LogP contribution in [0.1, 0.15) is 44.4 Å². The normalized spacial score (nSPS) is 15.4. The highest BCUT2D eigenvalue weighted by atomic mass is 28.4. The van der Waals surface area contributed by atoms with Gasteiger partial charge in [0.25, 0.3) is 0 Å². The molecule has 3 rings (SSSR count). The smallest absolute Gasteiger partial charge is 0.242 e. The van der Waals surface area contributed by atoms with Gasteiger partial charge in [0.2, 0.25) is 8.32 Å². The first kappa shape index (κ1) is 19.8. The zero-order valence-corrected chi connectivity index (χ0v) is 18.9. The average Bonchev–Trinajstić information content (AvgIpc) is 2.58. The summed E-state index contributed by atoms with van der Waals surface area (Å²) < 4.78 is 18.8. The molecule has 1 aliphatic heterocycles. The Kier molecular flexibility index (Phi) is 5.06. The molecule has 0 bridgehead atoms. The summed E-state index contributed by atoms with van der Waals surface area (Å²) in [5.74, 6) is 2.89. The topological polar surface area (TPSA) is 27.7 Å². The zero-order valence-electron chi connectivity index (χ0n) is 17.9. The highest BCUT2D eigenvalue weighted by Crippen LogP contribution is 2.47. The Hall–Kier alpha value is -1.94. The van der Waals surface area contributed by atoms with Gasteiger partial charge >= 0.3 is 0 Å². The van der Waals surface area contributed by atoms with Crippen molar-refractivity contribution in [3.05, 3.63) is 34.9 Å². The van der Waals surface area contributed by atoms with E-state index in [-0.39, 0.29) is 5.60 Å². The van der Waals surface area contributed by atoms with Gasteiger partial charge in [-0.05, 0) is 70.1 Å². The molecule has 27 heavy (non-hydrogen) atoms. The van der Waals surface area contributed by atoms with Crippen molar-refractivity contribution >= 4 is 25.2 Å². The lowest BCUT2D eigenvalue weighted by Crippen LogP contribution is -2.30. The minimum absolute atomic E-state index is 0.303. The fourth-order valence-corrected chi connectivity index (χ4v) is 4.72. The molecule has 0 saturated carbocycles. The molecule has 2 aromatic rings. The summed E-state index contributed by atoms with van der Waals surface area (Å²) in [6.45, 7) is 15.2. The van der Waals surface area contributed by atoms with E-state index in [9.17, 15) is 0 Å². The van der Waals surface area contributed by atoms with Gasteiger partial charge in [0.15, 0.2) is 0 Å². The van der Waals surface area contributed by atoms with Gasteiger partial charge in [0, 0.05) is 21.9 Å². The Morgan fingerprint density at radius 2 is 1.63 bits per heavy atom. The van der Waals surface area contributed by atoms with Crippen molar-refractivity contribution < 1.29 is 13.9 Å². The summed E-state index contributed by atoms with van der Waals surface area (Å²) in [4.78, 5) is 0. The van der Waals surface area contributed by atoms with Crippen LogP contribution in [0.3, 0.4) is 0 Å². The van der Waals surface area contributed by atoms with Crippen molar-refractivity contribution in [1.29, 1.82) is 0 Å². The van der Waals surface area contributed by atoms with E-state index in [0.29, 0.717) is 0 Å². The molecule has 0 spiro atoms. The molecule has 0 amide bonds. The molecule has 0 unspecified atom stereocenters. The lowest BCUT2D eigenvalue weighted by atomic mass is 9.90. The lowest BCUT2D eigenvalue weighted by molar-refractivity contribution is 0.159. The second-order valence-electron chi connectivity index (χ2n) is 8.68. The Labute approximate surface area is 164 Å². The first-order valence-corrected chi connectivity index (χ1v) is 13.3. The van der Waals surface area contributed by atoms with Crippen LogP contribution in [0, 0.1) is 0 Å². The summed E-state index contributed by atoms with van der Waals surface area (Å²) in [6.07, 6.45) is 6.12. The van der Waals surface area contributed by atoms with Gasteiger partial charge < -0.3 is 13.9 Å². The number of fused-ring (bicyclic) bond motifs is 3. The average molecular weight is 385 g/mol. The lowest BCUT2D eigenvalue weighted by Gasteiger charge is -2.31. The number of rotatable bonds is 5. The second-order valence-corrected chi connectivity index (χ2v) is 13.1. The maximum atomic E-state index is 6.63. The third-order valence-electron chi connectivity index (χ3n) is 4.93. The largest absolute Gasteiger partial charge is 0.544 e. The summed E-state index contributed by atoms with van der Waals surface area (Å²) in [5, 5.41) is 2.22. The summed E-state index contributed by atoms with van der Waals surface area (Å²) in [6, 6.07) is 4.21. The molecular weight excluding hydrogens is 352 g/mol. The van der Waals surface area contributed by atoms with Crippen molar-refractivity contribution in [2.24, 2.45) is 0 Å². The molecule has 0 radical (unpaired) electrons. The van der Waals surface area contributed by atoms with Crippen molar-refractivity contribution in [3.63, 3.8) is 0 Å². The van der Waals surface area contributed by atoms with Gasteiger partial charge in [-0.2, -0.15) is 0 Å². The van der Waals surface area contributed by atoms with Crippen molar-refractivity contribution in [1.82, 2.24) is 0 Å². The highest BCUT2D eigenvalue weighted by molar-refractivity contribution is 6.70. The van der Waals surface area contributed by atoms with E-state index >= 15 is 0 Å². The molecule has 3 nitrogen and oxygen atoms in total. The van der Waals surface area contributed by atoms with E-state index in [1.165, 1.54) is 11.1 Å². The van der Waals surface area contributed by atoms with Crippen LogP contribution in [0.15, 0.2) is 18.2 Å². The SMILES string of the molecule is CCc1c(CC)c(OC)c2c3c(ccc2c1O[Si](C)(C)C)OC(C)(C)C=C3. The molecule has 0 N–H and O–H groups in total. The molecule has 0 fully saturated rings. The minimum atomic E-state index is -1.77. The van der Waals surface area contributed by atoms with Crippen LogP contribution in [-0.2, 0) is 12.8 Å². The van der Waals surface area contributed by atoms with Gasteiger partial charge in [-0.15, -0.1) is 0 Å². The quantitative estimate of drug-likeness (QED) is 0.560. The number of hydrogen-bond acceptors (Lipinski definition) is 3. The van der Waals surface area contributed by atoms with E-state index in [1.54, 1.807) is 7.11 Å². The second kappa shape index (κ2) is 6.90. The Morgan fingerprint density at radius 1 is 1.00 bits per heavy atom. The third-order valence-corrected chi connectivity index (χ3v) is 5.75. The van der Waals surface area contributed by atoms with E-state index in [4.69, 9.17) is 13.9 Å². The summed E-state index contributed by atoms with van der Waals surface area (Å²) >= 11 is 0.